The molecule has 0 fully saturated rings. The molecule has 0 aliphatic heterocycles. The van der Waals surface area contributed by atoms with Crippen molar-refractivity contribution in [1.29, 1.82) is 0 Å². The fourth-order valence-corrected chi connectivity index (χ4v) is 4.97. The number of anilines is 3. The number of carboxylic acids is 1. The second-order valence-electron chi connectivity index (χ2n) is 10.3. The molecule has 2 aromatic heterocycles. The smallest absolute Gasteiger partial charge is 0.305 e. The third-order valence-electron chi connectivity index (χ3n) is 7.05. The second-order valence-corrected chi connectivity index (χ2v) is 10.3. The molecular formula is C33H30FN5O4. The number of carboxylic acid groups (broad SMARTS) is 1. The number of benzene rings is 3. The zero-order valence-corrected chi connectivity index (χ0v) is 23.8. The molecule has 0 spiro atoms. The molecule has 4 N–H and O–H groups in total. The van der Waals surface area contributed by atoms with Crippen LogP contribution in [0.3, 0.4) is 0 Å². The zero-order valence-electron chi connectivity index (χ0n) is 23.8. The highest BCUT2D eigenvalue weighted by molar-refractivity contribution is 6.01. The van der Waals surface area contributed by atoms with Gasteiger partial charge in [-0.3, -0.25) is 18.8 Å². The average molecular weight is 580 g/mol. The van der Waals surface area contributed by atoms with Crippen molar-refractivity contribution in [3.05, 3.63) is 113 Å². The number of hydrogen-bond acceptors (Lipinski definition) is 5. The summed E-state index contributed by atoms with van der Waals surface area (Å²) in [6, 6.07) is 21.0. The average Bonchev–Trinajstić information content (AvgIpc) is 3.33. The molecule has 0 radical (unpaired) electrons. The molecule has 218 valence electrons. The quantitative estimate of drug-likeness (QED) is 0.160. The van der Waals surface area contributed by atoms with Crippen LogP contribution in [0.25, 0.3) is 16.9 Å². The summed E-state index contributed by atoms with van der Waals surface area (Å²) in [6.07, 6.45) is 1.40. The summed E-state index contributed by atoms with van der Waals surface area (Å²) in [4.78, 5) is 41.7. The van der Waals surface area contributed by atoms with Crippen molar-refractivity contribution in [2.24, 2.45) is 0 Å². The number of aryl methyl sites for hydroxylation is 2. The van der Waals surface area contributed by atoms with Gasteiger partial charge in [0.25, 0.3) is 5.91 Å². The summed E-state index contributed by atoms with van der Waals surface area (Å²) < 4.78 is 15.3. The predicted molar refractivity (Wildman–Crippen MR) is 163 cm³/mol. The molecule has 9 nitrogen and oxygen atoms in total. The van der Waals surface area contributed by atoms with E-state index in [2.05, 4.69) is 16.0 Å². The number of para-hydroxylation sites is 1. The summed E-state index contributed by atoms with van der Waals surface area (Å²) in [5.74, 6) is -1.67. The lowest BCUT2D eigenvalue weighted by Crippen LogP contribution is -2.30. The Morgan fingerprint density at radius 3 is 2.23 bits per heavy atom. The minimum atomic E-state index is -1.11. The van der Waals surface area contributed by atoms with E-state index in [4.69, 9.17) is 4.98 Å². The number of halogens is 1. The summed E-state index contributed by atoms with van der Waals surface area (Å²) in [6.45, 7) is 5.43. The maximum Gasteiger partial charge on any atom is 0.305 e. The lowest BCUT2D eigenvalue weighted by molar-refractivity contribution is -0.137. The van der Waals surface area contributed by atoms with E-state index in [1.54, 1.807) is 34.9 Å². The van der Waals surface area contributed by atoms with Crippen LogP contribution < -0.4 is 16.0 Å². The third kappa shape index (κ3) is 6.38. The van der Waals surface area contributed by atoms with E-state index in [-0.39, 0.29) is 17.9 Å². The molecule has 0 saturated carbocycles. The van der Waals surface area contributed by atoms with Crippen LogP contribution in [-0.2, 0) is 9.59 Å². The van der Waals surface area contributed by atoms with E-state index >= 15 is 0 Å². The summed E-state index contributed by atoms with van der Waals surface area (Å²) in [7, 11) is 0. The van der Waals surface area contributed by atoms with Gasteiger partial charge in [-0.1, -0.05) is 42.5 Å². The molecule has 5 rings (SSSR count). The number of imidazole rings is 1. The first kappa shape index (κ1) is 29.0. The standard InChI is InChI=1S/C33H30FN5O4/c1-19-6-4-7-20(2)29(19)37-32-30(23-11-15-25(16-12-23)35-21(3)40)38-31-26(8-5-17-39(31)32)33(43)36-27(18-28(41)42)22-9-13-24(34)14-10-22/h4-17,27,37H,18H2,1-3H3,(H,35,40)(H,36,43)(H,41,42). The zero-order chi connectivity index (χ0) is 30.7. The van der Waals surface area contributed by atoms with Gasteiger partial charge in [-0.25, -0.2) is 9.37 Å². The fourth-order valence-electron chi connectivity index (χ4n) is 4.97. The Kier molecular flexibility index (Phi) is 8.20. The SMILES string of the molecule is CC(=O)Nc1ccc(-c2nc3c(C(=O)NC(CC(=O)O)c4ccc(F)cc4)cccn3c2Nc2c(C)cccc2C)cc1. The first-order valence-electron chi connectivity index (χ1n) is 13.6. The van der Waals surface area contributed by atoms with Gasteiger partial charge in [0.1, 0.15) is 17.3 Å². The molecule has 3 aromatic carbocycles. The lowest BCUT2D eigenvalue weighted by atomic mass is 10.0. The van der Waals surface area contributed by atoms with Gasteiger partial charge in [0.05, 0.1) is 18.0 Å². The second kappa shape index (κ2) is 12.2. The van der Waals surface area contributed by atoms with Gasteiger partial charge >= 0.3 is 5.97 Å². The highest BCUT2D eigenvalue weighted by Gasteiger charge is 2.24. The monoisotopic (exact) mass is 579 g/mol. The van der Waals surface area contributed by atoms with Crippen LogP contribution >= 0.6 is 0 Å². The Hall–Kier alpha value is -5.51. The van der Waals surface area contributed by atoms with Crippen LogP contribution in [0.4, 0.5) is 21.6 Å². The van der Waals surface area contributed by atoms with Gasteiger partial charge in [0, 0.05) is 30.1 Å². The molecule has 5 aromatic rings. The molecule has 0 aliphatic rings. The minimum Gasteiger partial charge on any atom is -0.481 e. The van der Waals surface area contributed by atoms with Crippen LogP contribution in [0.5, 0.6) is 0 Å². The van der Waals surface area contributed by atoms with Gasteiger partial charge in [-0.05, 0) is 66.9 Å². The first-order chi connectivity index (χ1) is 20.6. The molecule has 0 bridgehead atoms. The van der Waals surface area contributed by atoms with E-state index in [0.29, 0.717) is 28.4 Å². The number of aliphatic carboxylic acids is 1. The number of aromatic nitrogens is 2. The van der Waals surface area contributed by atoms with Crippen molar-refractivity contribution >= 4 is 40.6 Å². The summed E-state index contributed by atoms with van der Waals surface area (Å²) in [5, 5.41) is 18.6. The van der Waals surface area contributed by atoms with E-state index < -0.39 is 23.7 Å². The van der Waals surface area contributed by atoms with Crippen LogP contribution in [0.1, 0.15) is 46.4 Å². The van der Waals surface area contributed by atoms with E-state index in [1.807, 2.05) is 44.2 Å². The number of rotatable bonds is 9. The van der Waals surface area contributed by atoms with Crippen LogP contribution in [0, 0.1) is 19.7 Å². The topological polar surface area (TPSA) is 125 Å². The molecule has 2 amide bonds. The maximum atomic E-state index is 13.7. The third-order valence-corrected chi connectivity index (χ3v) is 7.05. The van der Waals surface area contributed by atoms with Crippen molar-refractivity contribution < 1.29 is 23.9 Å². The predicted octanol–water partition coefficient (Wildman–Crippen LogP) is 6.41. The number of nitrogens with one attached hydrogen (secondary N) is 3. The summed E-state index contributed by atoms with van der Waals surface area (Å²) >= 11 is 0. The lowest BCUT2D eigenvalue weighted by Gasteiger charge is -2.18. The molecule has 1 unspecified atom stereocenters. The molecule has 1 atom stereocenters. The van der Waals surface area contributed by atoms with Crippen molar-refractivity contribution in [2.45, 2.75) is 33.2 Å². The van der Waals surface area contributed by atoms with Crippen LogP contribution in [-0.4, -0.2) is 32.3 Å². The number of hydrogen-bond donors (Lipinski definition) is 4. The van der Waals surface area contributed by atoms with Crippen molar-refractivity contribution in [3.63, 3.8) is 0 Å². The van der Waals surface area contributed by atoms with Gasteiger partial charge in [0.2, 0.25) is 5.91 Å². The minimum absolute atomic E-state index is 0.185. The molecule has 0 aliphatic carbocycles. The van der Waals surface area contributed by atoms with Crippen molar-refractivity contribution in [3.8, 4) is 11.3 Å². The Bertz CT molecular complexity index is 1810. The van der Waals surface area contributed by atoms with E-state index in [0.717, 1.165) is 22.4 Å². The van der Waals surface area contributed by atoms with Crippen molar-refractivity contribution in [1.82, 2.24) is 14.7 Å². The number of amides is 2. The van der Waals surface area contributed by atoms with Gasteiger partial charge < -0.3 is 21.1 Å². The summed E-state index contributed by atoms with van der Waals surface area (Å²) in [5.41, 5.74) is 5.92. The molecule has 10 heteroatoms. The Balaban J connectivity index is 1.60. The highest BCUT2D eigenvalue weighted by atomic mass is 19.1. The van der Waals surface area contributed by atoms with Gasteiger partial charge in [0.15, 0.2) is 5.65 Å². The van der Waals surface area contributed by atoms with Gasteiger partial charge in [-0.15, -0.1) is 0 Å². The number of pyridine rings is 1. The molecule has 2 heterocycles. The normalized spacial score (nSPS) is 11.6. The number of carbonyl (C=O) groups is 3. The van der Waals surface area contributed by atoms with Crippen LogP contribution in [0.15, 0.2) is 85.1 Å². The van der Waals surface area contributed by atoms with E-state index in [9.17, 15) is 23.9 Å². The number of fused-ring (bicyclic) bond motifs is 1. The van der Waals surface area contributed by atoms with Crippen LogP contribution in [0.2, 0.25) is 0 Å². The molecule has 0 saturated heterocycles. The Morgan fingerprint density at radius 2 is 1.60 bits per heavy atom. The molecule has 43 heavy (non-hydrogen) atoms. The number of nitrogens with zero attached hydrogens (tertiary/aromatic N) is 2. The first-order valence-corrected chi connectivity index (χ1v) is 13.6. The maximum absolute atomic E-state index is 13.7. The largest absolute Gasteiger partial charge is 0.481 e. The van der Waals surface area contributed by atoms with Crippen molar-refractivity contribution in [2.75, 3.05) is 10.6 Å². The Labute approximate surface area is 247 Å². The molecular weight excluding hydrogens is 549 g/mol. The van der Waals surface area contributed by atoms with E-state index in [1.165, 1.54) is 31.2 Å². The fraction of sp³-hybridized carbons (Fsp3) is 0.152. The number of carbonyl (C=O) groups excluding carboxylic acids is 2. The Morgan fingerprint density at radius 1 is 0.930 bits per heavy atom. The highest BCUT2D eigenvalue weighted by Crippen LogP contribution is 2.35. The van der Waals surface area contributed by atoms with Gasteiger partial charge in [-0.2, -0.15) is 0 Å².